The summed E-state index contributed by atoms with van der Waals surface area (Å²) in [6.45, 7) is 3.85. The predicted octanol–water partition coefficient (Wildman–Crippen LogP) is 3.78. The summed E-state index contributed by atoms with van der Waals surface area (Å²) in [7, 11) is 0. The molecule has 2 heterocycles. The van der Waals surface area contributed by atoms with Crippen LogP contribution in [0.5, 0.6) is 0 Å². The molecule has 1 atom stereocenters. The minimum Gasteiger partial charge on any atom is -0.395 e. The Morgan fingerprint density at radius 3 is 2.85 bits per heavy atom. The number of aliphatic imine (C=N–C) groups is 1. The predicted molar refractivity (Wildman–Crippen MR) is 106 cm³/mol. The third-order valence-corrected chi connectivity index (χ3v) is 5.62. The Hall–Kier alpha value is -2.51. The molecular weight excluding hydrogens is 365 g/mol. The number of rotatable bonds is 6. The van der Waals surface area contributed by atoms with Gasteiger partial charge in [-0.3, -0.25) is 14.8 Å². The van der Waals surface area contributed by atoms with Crippen molar-refractivity contribution in [1.82, 2.24) is 9.88 Å². The quantitative estimate of drug-likeness (QED) is 0.767. The number of halogens is 1. The number of hydrogen-bond donors (Lipinski definition) is 1. The molecule has 0 aliphatic carbocycles. The van der Waals surface area contributed by atoms with Crippen LogP contribution in [0.2, 0.25) is 0 Å². The molecule has 1 aromatic heterocycles. The third kappa shape index (κ3) is 4.43. The molecule has 27 heavy (non-hydrogen) atoms. The van der Waals surface area contributed by atoms with Crippen molar-refractivity contribution in [3.63, 3.8) is 0 Å². The number of carbonyl (C=O) groups is 1. The lowest BCUT2D eigenvalue weighted by Crippen LogP contribution is -2.31. The highest BCUT2D eigenvalue weighted by Crippen LogP contribution is 2.37. The van der Waals surface area contributed by atoms with Crippen LogP contribution in [0, 0.1) is 5.82 Å². The second-order valence-corrected chi connectivity index (χ2v) is 7.21. The number of aromatic nitrogens is 1. The van der Waals surface area contributed by atoms with Crippen molar-refractivity contribution >= 4 is 29.4 Å². The minimum atomic E-state index is -0.303. The number of ketones is 1. The van der Waals surface area contributed by atoms with Crippen molar-refractivity contribution in [3.05, 3.63) is 59.0 Å². The smallest absolute Gasteiger partial charge is 0.167 e. The Balaban J connectivity index is 1.75. The minimum absolute atomic E-state index is 0.00267. The molecule has 5 nitrogen and oxygen atoms in total. The largest absolute Gasteiger partial charge is 0.395 e. The lowest BCUT2D eigenvalue weighted by molar-refractivity contribution is -0.113. The number of carbonyl (C=O) groups excluding carboxylic acids is 1. The Kier molecular flexibility index (Phi) is 6.03. The van der Waals surface area contributed by atoms with Crippen LogP contribution in [-0.4, -0.2) is 45.5 Å². The summed E-state index contributed by atoms with van der Waals surface area (Å²) in [5, 5.41) is 9.14. The van der Waals surface area contributed by atoms with Crippen molar-refractivity contribution in [3.8, 4) is 11.3 Å². The molecule has 7 heteroatoms. The maximum atomic E-state index is 13.3. The molecule has 1 aromatic carbocycles. The third-order valence-electron chi connectivity index (χ3n) is 4.19. The number of benzene rings is 1. The van der Waals surface area contributed by atoms with E-state index in [-0.39, 0.29) is 23.6 Å². The summed E-state index contributed by atoms with van der Waals surface area (Å²) in [4.78, 5) is 23.2. The second kappa shape index (κ2) is 8.45. The van der Waals surface area contributed by atoms with Crippen LogP contribution in [0.15, 0.2) is 58.2 Å². The Morgan fingerprint density at radius 2 is 2.22 bits per heavy atom. The summed E-state index contributed by atoms with van der Waals surface area (Å²) < 4.78 is 13.3. The molecule has 3 rings (SSSR count). The summed E-state index contributed by atoms with van der Waals surface area (Å²) in [5.41, 5.74) is 2.89. The van der Waals surface area contributed by atoms with Gasteiger partial charge in [0.2, 0.25) is 0 Å². The van der Waals surface area contributed by atoms with Gasteiger partial charge in [0.05, 0.1) is 29.1 Å². The standard InChI is InChI=1S/C20H20FN3O2S/c1-13-20(14(2)26)27-19(24(13)8-9-25)12-22-17-6-7-18(23-11-17)15-4-3-5-16(21)10-15/h3-7,10-12,19,25H,8-9H2,1-2H3. The number of pyridine rings is 1. The average Bonchev–Trinajstić information content (AvgIpc) is 2.97. The number of aliphatic hydroxyl groups excluding tert-OH is 1. The van der Waals surface area contributed by atoms with E-state index in [2.05, 4.69) is 9.98 Å². The summed E-state index contributed by atoms with van der Waals surface area (Å²) in [6.07, 6.45) is 3.37. The highest BCUT2D eigenvalue weighted by atomic mass is 32.2. The fourth-order valence-corrected chi connectivity index (χ4v) is 4.08. The molecule has 0 amide bonds. The van der Waals surface area contributed by atoms with E-state index in [9.17, 15) is 14.3 Å². The first-order valence-electron chi connectivity index (χ1n) is 8.51. The molecule has 0 radical (unpaired) electrons. The lowest BCUT2D eigenvalue weighted by atomic mass is 10.1. The topological polar surface area (TPSA) is 65.8 Å². The van der Waals surface area contributed by atoms with E-state index in [1.54, 1.807) is 30.6 Å². The summed E-state index contributed by atoms with van der Waals surface area (Å²) in [6, 6.07) is 9.88. The number of nitrogens with zero attached hydrogens (tertiary/aromatic N) is 3. The van der Waals surface area contributed by atoms with Gasteiger partial charge < -0.3 is 10.0 Å². The van der Waals surface area contributed by atoms with Gasteiger partial charge in [0.15, 0.2) is 5.78 Å². The molecule has 0 fully saturated rings. The summed E-state index contributed by atoms with van der Waals surface area (Å²) in [5.74, 6) is -0.291. The highest BCUT2D eigenvalue weighted by molar-refractivity contribution is 8.05. The van der Waals surface area contributed by atoms with Crippen LogP contribution >= 0.6 is 11.8 Å². The number of allylic oxidation sites excluding steroid dienone is 2. The maximum Gasteiger partial charge on any atom is 0.167 e. The molecule has 0 saturated heterocycles. The normalized spacial score (nSPS) is 17.2. The van der Waals surface area contributed by atoms with E-state index < -0.39 is 0 Å². The van der Waals surface area contributed by atoms with Gasteiger partial charge in [-0.25, -0.2) is 4.39 Å². The molecule has 0 bridgehead atoms. The zero-order chi connectivity index (χ0) is 19.4. The highest BCUT2D eigenvalue weighted by Gasteiger charge is 2.30. The van der Waals surface area contributed by atoms with Gasteiger partial charge in [0, 0.05) is 24.0 Å². The fraction of sp³-hybridized carbons (Fsp3) is 0.250. The molecule has 1 unspecified atom stereocenters. The molecule has 0 spiro atoms. The van der Waals surface area contributed by atoms with Crippen LogP contribution in [0.4, 0.5) is 10.1 Å². The maximum absolute atomic E-state index is 13.3. The van der Waals surface area contributed by atoms with Gasteiger partial charge in [-0.1, -0.05) is 23.9 Å². The average molecular weight is 385 g/mol. The van der Waals surface area contributed by atoms with E-state index in [0.29, 0.717) is 28.4 Å². The van der Waals surface area contributed by atoms with Crippen molar-refractivity contribution in [1.29, 1.82) is 0 Å². The number of Topliss-reactive ketones (excluding diaryl/α,β-unsaturated/α-hetero) is 1. The van der Waals surface area contributed by atoms with Gasteiger partial charge in [-0.15, -0.1) is 0 Å². The van der Waals surface area contributed by atoms with Gasteiger partial charge in [0.25, 0.3) is 0 Å². The van der Waals surface area contributed by atoms with Crippen molar-refractivity contribution in [2.24, 2.45) is 4.99 Å². The lowest BCUT2D eigenvalue weighted by Gasteiger charge is -2.23. The SMILES string of the molecule is CC(=O)C1=C(C)N(CCO)C(C=Nc2ccc(-c3cccc(F)c3)nc2)S1. The van der Waals surface area contributed by atoms with E-state index in [4.69, 9.17) is 0 Å². The van der Waals surface area contributed by atoms with Gasteiger partial charge >= 0.3 is 0 Å². The first-order chi connectivity index (χ1) is 13.0. The number of aliphatic hydroxyl groups is 1. The fourth-order valence-electron chi connectivity index (χ4n) is 2.87. The van der Waals surface area contributed by atoms with Crippen molar-refractivity contribution < 1.29 is 14.3 Å². The zero-order valence-corrected chi connectivity index (χ0v) is 15.9. The number of thioether (sulfide) groups is 1. The molecular formula is C20H20FN3O2S. The van der Waals surface area contributed by atoms with E-state index in [1.165, 1.54) is 30.8 Å². The number of hydrogen-bond acceptors (Lipinski definition) is 6. The van der Waals surface area contributed by atoms with Gasteiger partial charge in [-0.05, 0) is 38.1 Å². The molecule has 1 aliphatic heterocycles. The molecule has 140 valence electrons. The number of β-amino-alcohol motifs (C(OH)–C–C–N with tert-alkyl or cyclic N) is 1. The first kappa shape index (κ1) is 19.3. The monoisotopic (exact) mass is 385 g/mol. The molecule has 1 N–H and O–H groups in total. The van der Waals surface area contributed by atoms with Crippen molar-refractivity contribution in [2.45, 2.75) is 19.2 Å². The second-order valence-electron chi connectivity index (χ2n) is 6.09. The Morgan fingerprint density at radius 1 is 1.41 bits per heavy atom. The Bertz CT molecular complexity index is 896. The molecule has 0 saturated carbocycles. The van der Waals surface area contributed by atoms with Gasteiger partial charge in [-0.2, -0.15) is 0 Å². The van der Waals surface area contributed by atoms with Gasteiger partial charge in [0.1, 0.15) is 11.2 Å². The molecule has 1 aliphatic rings. The van der Waals surface area contributed by atoms with Crippen LogP contribution in [0.1, 0.15) is 13.8 Å². The van der Waals surface area contributed by atoms with E-state index in [0.717, 1.165) is 5.70 Å². The molecule has 2 aromatic rings. The van der Waals surface area contributed by atoms with E-state index >= 15 is 0 Å². The summed E-state index contributed by atoms with van der Waals surface area (Å²) >= 11 is 1.43. The van der Waals surface area contributed by atoms with E-state index in [1.807, 2.05) is 17.9 Å². The van der Waals surface area contributed by atoms with Crippen LogP contribution in [-0.2, 0) is 4.79 Å². The van der Waals surface area contributed by atoms with Crippen LogP contribution < -0.4 is 0 Å². The Labute approximate surface area is 161 Å². The zero-order valence-electron chi connectivity index (χ0n) is 15.1. The van der Waals surface area contributed by atoms with Crippen LogP contribution in [0.3, 0.4) is 0 Å². The van der Waals surface area contributed by atoms with Crippen molar-refractivity contribution in [2.75, 3.05) is 13.2 Å². The first-order valence-corrected chi connectivity index (χ1v) is 9.39. The van der Waals surface area contributed by atoms with Crippen LogP contribution in [0.25, 0.3) is 11.3 Å².